The number of halogens is 2. The molecule has 0 spiro atoms. The molecular weight excluding hydrogens is 388 g/mol. The highest BCUT2D eigenvalue weighted by atomic mass is 79.9. The minimum atomic E-state index is -0.0775. The van der Waals surface area contributed by atoms with Crippen LogP contribution in [0.4, 0.5) is 0 Å². The lowest BCUT2D eigenvalue weighted by atomic mass is 10.3. The zero-order valence-corrected chi connectivity index (χ0v) is 14.8. The van der Waals surface area contributed by atoms with Gasteiger partial charge in [-0.05, 0) is 52.1 Å². The lowest BCUT2D eigenvalue weighted by molar-refractivity contribution is 0.584. The Kier molecular flexibility index (Phi) is 4.80. The van der Waals surface area contributed by atoms with Crippen LogP contribution in [-0.2, 0) is 19.5 Å². The van der Waals surface area contributed by atoms with E-state index in [9.17, 15) is 4.79 Å². The van der Waals surface area contributed by atoms with Crippen LogP contribution in [0.5, 0.6) is 0 Å². The van der Waals surface area contributed by atoms with Gasteiger partial charge in [-0.15, -0.1) is 0 Å². The van der Waals surface area contributed by atoms with Crippen LogP contribution in [0.25, 0.3) is 0 Å². The molecule has 20 heavy (non-hydrogen) atoms. The monoisotopic (exact) mass is 402 g/mol. The minimum Gasteiger partial charge on any atom is -0.292 e. The third kappa shape index (κ3) is 2.74. The summed E-state index contributed by atoms with van der Waals surface area (Å²) in [7, 11) is 0. The van der Waals surface area contributed by atoms with Gasteiger partial charge in [0.25, 0.3) is 5.56 Å². The topological polar surface area (TPSA) is 52.7 Å². The number of rotatable bonds is 4. The first kappa shape index (κ1) is 15.4. The van der Waals surface area contributed by atoms with Crippen LogP contribution in [0.15, 0.2) is 20.1 Å². The maximum absolute atomic E-state index is 12.2. The molecule has 0 saturated heterocycles. The summed E-state index contributed by atoms with van der Waals surface area (Å²) in [5.41, 5.74) is 2.62. The highest BCUT2D eigenvalue weighted by Crippen LogP contribution is 2.23. The number of nitrogens with zero attached hydrogens (tertiary/aromatic N) is 4. The quantitative estimate of drug-likeness (QED) is 0.788. The summed E-state index contributed by atoms with van der Waals surface area (Å²) in [6.07, 6.45) is 2.43. The molecule has 0 fully saturated rings. The molecule has 0 aliphatic carbocycles. The molecule has 0 aromatic carbocycles. The first-order valence-corrected chi connectivity index (χ1v) is 8.03. The van der Waals surface area contributed by atoms with Gasteiger partial charge in [0.1, 0.15) is 4.47 Å². The highest BCUT2D eigenvalue weighted by Gasteiger charge is 2.15. The molecule has 5 nitrogen and oxygen atoms in total. The van der Waals surface area contributed by atoms with E-state index in [0.717, 1.165) is 28.8 Å². The van der Waals surface area contributed by atoms with Gasteiger partial charge in [-0.2, -0.15) is 5.10 Å². The Labute approximate surface area is 134 Å². The van der Waals surface area contributed by atoms with Crippen molar-refractivity contribution in [2.75, 3.05) is 0 Å². The molecule has 2 aromatic rings. The number of hydrogen-bond acceptors (Lipinski definition) is 3. The third-order valence-electron chi connectivity index (χ3n) is 3.17. The van der Waals surface area contributed by atoms with E-state index in [1.165, 1.54) is 0 Å². The Morgan fingerprint density at radius 3 is 2.55 bits per heavy atom. The van der Waals surface area contributed by atoms with Crippen molar-refractivity contribution in [2.45, 2.75) is 40.3 Å². The van der Waals surface area contributed by atoms with Gasteiger partial charge >= 0.3 is 0 Å². The lowest BCUT2D eigenvalue weighted by Crippen LogP contribution is -2.24. The predicted molar refractivity (Wildman–Crippen MR) is 85.0 cm³/mol. The Balaban J connectivity index is 2.47. The molecule has 2 heterocycles. The second-order valence-electron chi connectivity index (χ2n) is 4.45. The van der Waals surface area contributed by atoms with Gasteiger partial charge in [0, 0.05) is 6.54 Å². The van der Waals surface area contributed by atoms with Gasteiger partial charge in [0.2, 0.25) is 0 Å². The molecule has 0 N–H and O–H groups in total. The predicted octanol–water partition coefficient (Wildman–Crippen LogP) is 2.90. The molecular formula is C13H16Br2N4O. The standard InChI is InChI=1S/C13H16Br2N4O/c1-4-9-12(15)10(19(5-2)17-9)6-18-7-16-8(3)11(14)13(18)20/h7H,4-6H2,1-3H3. The number of aryl methyl sites for hydroxylation is 3. The van der Waals surface area contributed by atoms with E-state index in [-0.39, 0.29) is 5.56 Å². The van der Waals surface area contributed by atoms with Crippen molar-refractivity contribution in [3.05, 3.63) is 42.7 Å². The fraction of sp³-hybridized carbons (Fsp3) is 0.462. The number of aromatic nitrogens is 4. The van der Waals surface area contributed by atoms with E-state index in [4.69, 9.17) is 0 Å². The second kappa shape index (κ2) is 6.22. The normalized spacial score (nSPS) is 11.1. The van der Waals surface area contributed by atoms with Crippen LogP contribution in [0.1, 0.15) is 30.9 Å². The van der Waals surface area contributed by atoms with Gasteiger partial charge in [-0.1, -0.05) is 6.92 Å². The maximum Gasteiger partial charge on any atom is 0.268 e. The molecule has 0 saturated carbocycles. The Hall–Kier alpha value is -0.950. The average Bonchev–Trinajstić information content (AvgIpc) is 2.75. The van der Waals surface area contributed by atoms with E-state index in [0.29, 0.717) is 16.7 Å². The highest BCUT2D eigenvalue weighted by molar-refractivity contribution is 9.10. The van der Waals surface area contributed by atoms with Crippen molar-refractivity contribution in [1.82, 2.24) is 19.3 Å². The molecule has 0 aliphatic heterocycles. The summed E-state index contributed by atoms with van der Waals surface area (Å²) in [6.45, 7) is 7.12. The van der Waals surface area contributed by atoms with Gasteiger partial charge < -0.3 is 0 Å². The molecule has 0 atom stereocenters. The van der Waals surface area contributed by atoms with Crippen LogP contribution >= 0.6 is 31.9 Å². The molecule has 7 heteroatoms. The van der Waals surface area contributed by atoms with E-state index in [1.54, 1.807) is 17.8 Å². The molecule has 0 amide bonds. The maximum atomic E-state index is 12.2. The molecule has 108 valence electrons. The van der Waals surface area contributed by atoms with Gasteiger partial charge in [-0.25, -0.2) is 4.98 Å². The molecule has 2 rings (SSSR count). The fourth-order valence-corrected chi connectivity index (χ4v) is 3.01. The average molecular weight is 404 g/mol. The Morgan fingerprint density at radius 1 is 1.25 bits per heavy atom. The summed E-state index contributed by atoms with van der Waals surface area (Å²) in [5, 5.41) is 4.53. The first-order chi connectivity index (χ1) is 9.49. The molecule has 2 aromatic heterocycles. The van der Waals surface area contributed by atoms with Gasteiger partial charge in [0.05, 0.1) is 34.4 Å². The van der Waals surface area contributed by atoms with Crippen LogP contribution in [-0.4, -0.2) is 19.3 Å². The van der Waals surface area contributed by atoms with Crippen molar-refractivity contribution in [3.63, 3.8) is 0 Å². The molecule has 0 bridgehead atoms. The van der Waals surface area contributed by atoms with Crippen LogP contribution < -0.4 is 5.56 Å². The third-order valence-corrected chi connectivity index (χ3v) is 5.00. The minimum absolute atomic E-state index is 0.0775. The second-order valence-corrected chi connectivity index (χ2v) is 6.04. The first-order valence-electron chi connectivity index (χ1n) is 6.45. The van der Waals surface area contributed by atoms with Gasteiger partial charge in [-0.3, -0.25) is 14.0 Å². The lowest BCUT2D eigenvalue weighted by Gasteiger charge is -2.09. The van der Waals surface area contributed by atoms with Gasteiger partial charge in [0.15, 0.2) is 0 Å². The number of hydrogen-bond donors (Lipinski definition) is 0. The molecule has 0 aliphatic rings. The van der Waals surface area contributed by atoms with Crippen molar-refractivity contribution < 1.29 is 0 Å². The van der Waals surface area contributed by atoms with E-state index < -0.39 is 0 Å². The SMILES string of the molecule is CCc1nn(CC)c(Cn2cnc(C)c(Br)c2=O)c1Br. The van der Waals surface area contributed by atoms with Crippen LogP contribution in [0.3, 0.4) is 0 Å². The van der Waals surface area contributed by atoms with Crippen LogP contribution in [0.2, 0.25) is 0 Å². The van der Waals surface area contributed by atoms with Crippen LogP contribution in [0, 0.1) is 6.92 Å². The zero-order chi connectivity index (χ0) is 14.9. The van der Waals surface area contributed by atoms with E-state index in [1.807, 2.05) is 11.6 Å². The summed E-state index contributed by atoms with van der Waals surface area (Å²) in [4.78, 5) is 16.4. The molecule has 0 unspecified atom stereocenters. The zero-order valence-electron chi connectivity index (χ0n) is 11.7. The van der Waals surface area contributed by atoms with Crippen molar-refractivity contribution in [3.8, 4) is 0 Å². The fourth-order valence-electron chi connectivity index (χ4n) is 1.99. The van der Waals surface area contributed by atoms with E-state index >= 15 is 0 Å². The Morgan fingerprint density at radius 2 is 1.95 bits per heavy atom. The Bertz CT molecular complexity index is 690. The summed E-state index contributed by atoms with van der Waals surface area (Å²) in [6, 6.07) is 0. The largest absolute Gasteiger partial charge is 0.292 e. The summed E-state index contributed by atoms with van der Waals surface area (Å²) < 4.78 is 4.99. The molecule has 0 radical (unpaired) electrons. The van der Waals surface area contributed by atoms with Crippen molar-refractivity contribution in [2.24, 2.45) is 0 Å². The summed E-state index contributed by atoms with van der Waals surface area (Å²) >= 11 is 6.87. The van der Waals surface area contributed by atoms with E-state index in [2.05, 4.69) is 48.9 Å². The van der Waals surface area contributed by atoms with Crippen molar-refractivity contribution in [1.29, 1.82) is 0 Å². The smallest absolute Gasteiger partial charge is 0.268 e. The summed E-state index contributed by atoms with van der Waals surface area (Å²) in [5.74, 6) is 0. The van der Waals surface area contributed by atoms with Crippen molar-refractivity contribution >= 4 is 31.9 Å².